The summed E-state index contributed by atoms with van der Waals surface area (Å²) in [5.41, 5.74) is 4.52. The Labute approximate surface area is 215 Å². The Morgan fingerprint density at radius 3 is 2.28 bits per heavy atom. The second kappa shape index (κ2) is 10.9. The van der Waals surface area contributed by atoms with E-state index in [1.165, 1.54) is 17.5 Å². The largest absolute Gasteiger partial charge is 0.336 e. The van der Waals surface area contributed by atoms with Crippen molar-refractivity contribution in [2.75, 3.05) is 30.9 Å². The highest BCUT2D eigenvalue weighted by molar-refractivity contribution is 8.00. The van der Waals surface area contributed by atoms with Crippen LogP contribution in [0.25, 0.3) is 10.9 Å². The molecular weight excluding hydrogens is 468 g/mol. The molecule has 0 aliphatic carbocycles. The Bertz CT molecular complexity index is 1360. The fourth-order valence-corrected chi connectivity index (χ4v) is 5.13. The number of carbonyl (C=O) groups is 2. The van der Waals surface area contributed by atoms with Gasteiger partial charge in [0.25, 0.3) is 5.91 Å². The van der Waals surface area contributed by atoms with E-state index in [0.717, 1.165) is 46.7 Å². The summed E-state index contributed by atoms with van der Waals surface area (Å²) >= 11 is 1.52. The van der Waals surface area contributed by atoms with Crippen molar-refractivity contribution < 1.29 is 9.59 Å². The summed E-state index contributed by atoms with van der Waals surface area (Å²) in [5.74, 6) is 0.149. The number of nitrogens with zero attached hydrogens (tertiary/aromatic N) is 3. The summed E-state index contributed by atoms with van der Waals surface area (Å²) in [4.78, 5) is 34.3. The lowest BCUT2D eigenvalue weighted by Gasteiger charge is -2.34. The van der Waals surface area contributed by atoms with E-state index in [1.807, 2.05) is 71.6 Å². The van der Waals surface area contributed by atoms with Crippen molar-refractivity contribution in [2.45, 2.75) is 18.4 Å². The predicted octanol–water partition coefficient (Wildman–Crippen LogP) is 5.51. The van der Waals surface area contributed by atoms with Gasteiger partial charge in [0.15, 0.2) is 5.78 Å². The Kier molecular flexibility index (Phi) is 7.30. The normalized spacial score (nSPS) is 14.1. The van der Waals surface area contributed by atoms with Crippen LogP contribution in [0.4, 0.5) is 5.69 Å². The molecule has 0 bridgehead atoms. The monoisotopic (exact) mass is 496 g/mol. The number of carbonyl (C=O) groups excluding carboxylic acids is 2. The molecule has 36 heavy (non-hydrogen) atoms. The average molecular weight is 497 g/mol. The molecular formula is C29H28N4O2S. The highest BCUT2D eigenvalue weighted by Gasteiger charge is 2.22. The number of aromatic nitrogens is 1. The summed E-state index contributed by atoms with van der Waals surface area (Å²) < 4.78 is 3.36. The molecule has 4 aromatic rings. The molecule has 182 valence electrons. The van der Waals surface area contributed by atoms with Crippen LogP contribution in [-0.4, -0.2) is 52.7 Å². The van der Waals surface area contributed by atoms with Crippen LogP contribution in [0, 0.1) is 0 Å². The smallest absolute Gasteiger partial charge is 0.253 e. The fourth-order valence-electron chi connectivity index (χ4n) is 4.35. The van der Waals surface area contributed by atoms with Gasteiger partial charge in [0.05, 0.1) is 10.4 Å². The molecule has 1 saturated heterocycles. The van der Waals surface area contributed by atoms with Crippen LogP contribution in [0.1, 0.15) is 33.2 Å². The third-order valence-corrected chi connectivity index (χ3v) is 7.32. The van der Waals surface area contributed by atoms with Gasteiger partial charge in [0.1, 0.15) is 0 Å². The number of hydrogen-bond acceptors (Lipinski definition) is 6. The minimum atomic E-state index is 0.0675. The van der Waals surface area contributed by atoms with Crippen LogP contribution in [-0.2, 0) is 6.54 Å². The summed E-state index contributed by atoms with van der Waals surface area (Å²) in [7, 11) is 0. The van der Waals surface area contributed by atoms with E-state index >= 15 is 0 Å². The lowest BCUT2D eigenvalue weighted by Crippen LogP contribution is -2.48. The molecule has 0 atom stereocenters. The van der Waals surface area contributed by atoms with Crippen LogP contribution in [0.15, 0.2) is 90.0 Å². The van der Waals surface area contributed by atoms with Crippen LogP contribution in [0.5, 0.6) is 0 Å². The predicted molar refractivity (Wildman–Crippen MR) is 145 cm³/mol. The summed E-state index contributed by atoms with van der Waals surface area (Å²) in [6, 6.07) is 25.6. The van der Waals surface area contributed by atoms with Gasteiger partial charge in [-0.3, -0.25) is 19.5 Å². The minimum absolute atomic E-state index is 0.0675. The van der Waals surface area contributed by atoms with E-state index < -0.39 is 0 Å². The van der Waals surface area contributed by atoms with Gasteiger partial charge in [0.2, 0.25) is 0 Å². The summed E-state index contributed by atoms with van der Waals surface area (Å²) in [6.07, 6.45) is 1.81. The Morgan fingerprint density at radius 2 is 1.56 bits per heavy atom. The first-order valence-electron chi connectivity index (χ1n) is 12.0. The number of rotatable bonds is 7. The van der Waals surface area contributed by atoms with E-state index in [0.29, 0.717) is 18.7 Å². The first kappa shape index (κ1) is 24.0. The zero-order valence-electron chi connectivity index (χ0n) is 20.2. The zero-order chi connectivity index (χ0) is 24.9. The van der Waals surface area contributed by atoms with Gasteiger partial charge in [-0.25, -0.2) is 0 Å². The maximum atomic E-state index is 13.0. The number of amides is 1. The molecule has 0 spiro atoms. The van der Waals surface area contributed by atoms with E-state index in [-0.39, 0.29) is 11.7 Å². The maximum absolute atomic E-state index is 13.0. The van der Waals surface area contributed by atoms with E-state index in [2.05, 4.69) is 26.7 Å². The summed E-state index contributed by atoms with van der Waals surface area (Å²) in [6.45, 7) is 5.47. The molecule has 0 unspecified atom stereocenters. The van der Waals surface area contributed by atoms with Crippen molar-refractivity contribution in [3.63, 3.8) is 0 Å². The lowest BCUT2D eigenvalue weighted by molar-refractivity contribution is 0.0628. The van der Waals surface area contributed by atoms with Gasteiger partial charge in [-0.2, -0.15) is 0 Å². The lowest BCUT2D eigenvalue weighted by atomic mass is 10.1. The SMILES string of the molecule is CC(=O)c1ccc(CN2CCN(C(=O)c3ccc(NSc4cccc5cccnc45)cc3)CC2)cc1. The first-order valence-corrected chi connectivity index (χ1v) is 12.9. The number of ketones is 1. The number of Topliss-reactive ketones (excluding diaryl/α,β-unsaturated/α-hetero) is 1. The van der Waals surface area contributed by atoms with Crippen molar-refractivity contribution in [2.24, 2.45) is 0 Å². The molecule has 2 heterocycles. The van der Waals surface area contributed by atoms with Gasteiger partial charge in [-0.15, -0.1) is 0 Å². The molecule has 0 radical (unpaired) electrons. The van der Waals surface area contributed by atoms with Gasteiger partial charge >= 0.3 is 0 Å². The average Bonchev–Trinajstić information content (AvgIpc) is 2.92. The molecule has 1 fully saturated rings. The fraction of sp³-hybridized carbons (Fsp3) is 0.207. The minimum Gasteiger partial charge on any atom is -0.336 e. The van der Waals surface area contributed by atoms with Crippen molar-refractivity contribution in [1.29, 1.82) is 0 Å². The number of para-hydroxylation sites is 1. The van der Waals surface area contributed by atoms with Crippen molar-refractivity contribution in [3.8, 4) is 0 Å². The second-order valence-electron chi connectivity index (χ2n) is 8.93. The third kappa shape index (κ3) is 5.58. The van der Waals surface area contributed by atoms with Crippen LogP contribution in [0.3, 0.4) is 0 Å². The molecule has 1 aromatic heterocycles. The molecule has 6 nitrogen and oxygen atoms in total. The Hall–Kier alpha value is -3.68. The van der Waals surface area contributed by atoms with Crippen molar-refractivity contribution in [3.05, 3.63) is 102 Å². The molecule has 7 heteroatoms. The Morgan fingerprint density at radius 1 is 0.861 bits per heavy atom. The topological polar surface area (TPSA) is 65.5 Å². The number of fused-ring (bicyclic) bond motifs is 1. The molecule has 1 amide bonds. The Balaban J connectivity index is 1.13. The third-order valence-electron chi connectivity index (χ3n) is 6.43. The van der Waals surface area contributed by atoms with E-state index in [1.54, 1.807) is 13.1 Å². The first-order chi connectivity index (χ1) is 17.6. The quantitative estimate of drug-likeness (QED) is 0.269. The number of hydrogen-bond donors (Lipinski definition) is 1. The van der Waals surface area contributed by atoms with Crippen molar-refractivity contribution in [1.82, 2.24) is 14.8 Å². The number of benzene rings is 3. The molecule has 3 aromatic carbocycles. The number of pyridine rings is 1. The number of nitrogens with one attached hydrogen (secondary N) is 1. The van der Waals surface area contributed by atoms with Gasteiger partial charge in [0, 0.05) is 61.1 Å². The van der Waals surface area contributed by atoms with Gasteiger partial charge < -0.3 is 9.62 Å². The van der Waals surface area contributed by atoms with Crippen LogP contribution in [0.2, 0.25) is 0 Å². The van der Waals surface area contributed by atoms with Gasteiger partial charge in [-0.1, -0.05) is 42.5 Å². The standard InChI is InChI=1S/C29H28N4O2S/c1-21(34)23-9-7-22(8-10-23)20-32-16-18-33(19-17-32)29(35)25-11-13-26(14-12-25)31-36-27-6-2-4-24-5-3-15-30-28(24)27/h2-15,31H,16-20H2,1H3. The van der Waals surface area contributed by atoms with Crippen LogP contribution >= 0.6 is 11.9 Å². The number of anilines is 1. The molecule has 5 rings (SSSR count). The zero-order valence-corrected chi connectivity index (χ0v) is 21.0. The highest BCUT2D eigenvalue weighted by Crippen LogP contribution is 2.27. The maximum Gasteiger partial charge on any atom is 0.253 e. The molecule has 1 aliphatic rings. The molecule has 1 aliphatic heterocycles. The van der Waals surface area contributed by atoms with E-state index in [9.17, 15) is 9.59 Å². The molecule has 0 saturated carbocycles. The second-order valence-corrected chi connectivity index (χ2v) is 9.78. The van der Waals surface area contributed by atoms with Gasteiger partial charge in [-0.05, 0) is 60.8 Å². The van der Waals surface area contributed by atoms with E-state index in [4.69, 9.17) is 0 Å². The van der Waals surface area contributed by atoms with Crippen molar-refractivity contribution >= 4 is 40.2 Å². The summed E-state index contributed by atoms with van der Waals surface area (Å²) in [5, 5.41) is 1.11. The molecule has 1 N–H and O–H groups in total. The highest BCUT2D eigenvalue weighted by atomic mass is 32.2. The number of piperazine rings is 1. The van der Waals surface area contributed by atoms with Crippen LogP contribution < -0.4 is 4.72 Å².